The predicted molar refractivity (Wildman–Crippen MR) is 111 cm³/mol. The summed E-state index contributed by atoms with van der Waals surface area (Å²) in [6, 6.07) is 8.00. The van der Waals surface area contributed by atoms with E-state index < -0.39 is 0 Å². The Kier molecular flexibility index (Phi) is 5.01. The molecule has 0 spiro atoms. The fraction of sp³-hybridized carbons (Fsp3) is 0.409. The molecule has 1 unspecified atom stereocenters. The number of likely N-dealkylation sites (tertiary alicyclic amines) is 1. The second-order valence-electron chi connectivity index (χ2n) is 8.03. The number of hydrogen-bond donors (Lipinski definition) is 0. The highest BCUT2D eigenvalue weighted by Gasteiger charge is 2.53. The first-order valence-corrected chi connectivity index (χ1v) is 10.4. The number of carbonyl (C=O) groups excluding carboxylic acids is 1. The Morgan fingerprint density at radius 2 is 2.06 bits per heavy atom. The highest BCUT2D eigenvalue weighted by Crippen LogP contribution is 2.50. The molecule has 9 heteroatoms. The van der Waals surface area contributed by atoms with Crippen molar-refractivity contribution in [2.75, 3.05) is 20.2 Å². The fourth-order valence-electron chi connectivity index (χ4n) is 4.17. The Morgan fingerprint density at radius 3 is 2.77 bits per heavy atom. The molecule has 1 aliphatic heterocycles. The van der Waals surface area contributed by atoms with Gasteiger partial charge in [-0.3, -0.25) is 9.78 Å². The van der Waals surface area contributed by atoms with Crippen LogP contribution in [0.25, 0.3) is 0 Å². The van der Waals surface area contributed by atoms with Gasteiger partial charge in [0.05, 0.1) is 31.0 Å². The van der Waals surface area contributed by atoms with Gasteiger partial charge in [-0.2, -0.15) is 0 Å². The van der Waals surface area contributed by atoms with Crippen molar-refractivity contribution < 1.29 is 14.3 Å². The third kappa shape index (κ3) is 3.83. The molecular weight excluding hydrogens is 396 g/mol. The number of amides is 1. The van der Waals surface area contributed by atoms with Crippen molar-refractivity contribution >= 4 is 5.91 Å². The highest BCUT2D eigenvalue weighted by molar-refractivity contribution is 5.91. The molecule has 2 fully saturated rings. The van der Waals surface area contributed by atoms with Gasteiger partial charge in [0.25, 0.3) is 0 Å². The van der Waals surface area contributed by atoms with E-state index in [9.17, 15) is 4.79 Å². The number of benzene rings is 1. The van der Waals surface area contributed by atoms with Crippen LogP contribution in [-0.2, 0) is 16.8 Å². The molecule has 1 aliphatic carbocycles. The van der Waals surface area contributed by atoms with Crippen LogP contribution in [0.15, 0.2) is 49.1 Å². The van der Waals surface area contributed by atoms with Crippen molar-refractivity contribution in [3.63, 3.8) is 0 Å². The van der Waals surface area contributed by atoms with Crippen LogP contribution in [0, 0.1) is 0 Å². The smallest absolute Gasteiger partial charge is 0.233 e. The standard InChI is InChI=1S/C22H24N6O3/c1-30-19-4-2-16(3-5-19)22(7-8-22)21(29)27-11-6-18(14-27)28-13-17(25-26-28)15-31-20-12-23-9-10-24-20/h2-5,9-10,12-13,18H,6-8,11,14-15H2,1H3. The maximum absolute atomic E-state index is 13.3. The van der Waals surface area contributed by atoms with Gasteiger partial charge in [-0.15, -0.1) is 5.10 Å². The van der Waals surface area contributed by atoms with Crippen LogP contribution in [0.5, 0.6) is 11.6 Å². The van der Waals surface area contributed by atoms with E-state index in [1.165, 1.54) is 0 Å². The third-order valence-corrected chi connectivity index (χ3v) is 6.09. The van der Waals surface area contributed by atoms with Gasteiger partial charge in [0.2, 0.25) is 11.8 Å². The maximum atomic E-state index is 13.3. The van der Waals surface area contributed by atoms with E-state index >= 15 is 0 Å². The Morgan fingerprint density at radius 1 is 1.23 bits per heavy atom. The van der Waals surface area contributed by atoms with E-state index in [2.05, 4.69) is 20.3 Å². The summed E-state index contributed by atoms with van der Waals surface area (Å²) in [6.07, 6.45) is 9.26. The Bertz CT molecular complexity index is 1050. The summed E-state index contributed by atoms with van der Waals surface area (Å²) in [6.45, 7) is 1.64. The molecule has 2 aromatic heterocycles. The number of nitrogens with zero attached hydrogens (tertiary/aromatic N) is 6. The van der Waals surface area contributed by atoms with Crippen molar-refractivity contribution in [1.82, 2.24) is 29.9 Å². The summed E-state index contributed by atoms with van der Waals surface area (Å²) >= 11 is 0. The number of hydrogen-bond acceptors (Lipinski definition) is 7. The van der Waals surface area contributed by atoms with Gasteiger partial charge in [-0.05, 0) is 37.0 Å². The topological polar surface area (TPSA) is 95.3 Å². The molecule has 1 saturated carbocycles. The number of aromatic nitrogens is 5. The van der Waals surface area contributed by atoms with Gasteiger partial charge in [-0.25, -0.2) is 9.67 Å². The van der Waals surface area contributed by atoms with Crippen LogP contribution in [-0.4, -0.2) is 56.0 Å². The molecule has 0 N–H and O–H groups in total. The average Bonchev–Trinajstić information content (AvgIpc) is 3.25. The van der Waals surface area contributed by atoms with Gasteiger partial charge in [0.15, 0.2) is 0 Å². The lowest BCUT2D eigenvalue weighted by Gasteiger charge is -2.23. The molecule has 9 nitrogen and oxygen atoms in total. The molecule has 1 amide bonds. The molecule has 0 radical (unpaired) electrons. The van der Waals surface area contributed by atoms with E-state index in [-0.39, 0.29) is 24.0 Å². The van der Waals surface area contributed by atoms with Crippen LogP contribution in [0.3, 0.4) is 0 Å². The zero-order chi connectivity index (χ0) is 21.3. The fourth-order valence-corrected chi connectivity index (χ4v) is 4.17. The number of rotatable bonds is 7. The molecule has 3 aromatic rings. The van der Waals surface area contributed by atoms with Crippen LogP contribution >= 0.6 is 0 Å². The predicted octanol–water partition coefficient (Wildman–Crippen LogP) is 2.16. The SMILES string of the molecule is COc1ccc(C2(C(=O)N3CCC(n4cc(COc5cnccn5)nn4)C3)CC2)cc1. The van der Waals surface area contributed by atoms with Gasteiger partial charge in [-0.1, -0.05) is 17.3 Å². The van der Waals surface area contributed by atoms with Gasteiger partial charge < -0.3 is 14.4 Å². The normalized spacial score (nSPS) is 19.3. The van der Waals surface area contributed by atoms with Gasteiger partial charge >= 0.3 is 0 Å². The first-order chi connectivity index (χ1) is 15.2. The maximum Gasteiger partial charge on any atom is 0.233 e. The molecule has 1 saturated heterocycles. The summed E-state index contributed by atoms with van der Waals surface area (Å²) in [5.41, 5.74) is 1.41. The largest absolute Gasteiger partial charge is 0.497 e. The Balaban J connectivity index is 1.21. The molecule has 3 heterocycles. The molecule has 31 heavy (non-hydrogen) atoms. The average molecular weight is 420 g/mol. The second-order valence-corrected chi connectivity index (χ2v) is 8.03. The van der Waals surface area contributed by atoms with Crippen molar-refractivity contribution in [1.29, 1.82) is 0 Å². The molecule has 1 aromatic carbocycles. The highest BCUT2D eigenvalue weighted by atomic mass is 16.5. The second kappa shape index (κ2) is 7.98. The quantitative estimate of drug-likeness (QED) is 0.578. The van der Waals surface area contributed by atoms with Crippen LogP contribution < -0.4 is 9.47 Å². The van der Waals surface area contributed by atoms with Crippen LogP contribution in [0.1, 0.15) is 36.6 Å². The van der Waals surface area contributed by atoms with E-state index in [1.54, 1.807) is 25.7 Å². The van der Waals surface area contributed by atoms with Gasteiger partial charge in [0, 0.05) is 25.5 Å². The zero-order valence-corrected chi connectivity index (χ0v) is 17.3. The minimum atomic E-state index is -0.376. The van der Waals surface area contributed by atoms with E-state index in [1.807, 2.05) is 40.0 Å². The van der Waals surface area contributed by atoms with E-state index in [0.717, 1.165) is 37.1 Å². The molecule has 2 aliphatic rings. The van der Waals surface area contributed by atoms with Crippen molar-refractivity contribution in [3.05, 3.63) is 60.3 Å². The summed E-state index contributed by atoms with van der Waals surface area (Å²) in [5, 5.41) is 8.45. The lowest BCUT2D eigenvalue weighted by atomic mass is 9.94. The van der Waals surface area contributed by atoms with Crippen molar-refractivity contribution in [2.45, 2.75) is 37.3 Å². The first-order valence-electron chi connectivity index (χ1n) is 10.4. The Labute approximate surface area is 180 Å². The third-order valence-electron chi connectivity index (χ3n) is 6.09. The van der Waals surface area contributed by atoms with E-state index in [0.29, 0.717) is 18.1 Å². The van der Waals surface area contributed by atoms with Gasteiger partial charge in [0.1, 0.15) is 18.1 Å². The lowest BCUT2D eigenvalue weighted by molar-refractivity contribution is -0.133. The monoisotopic (exact) mass is 420 g/mol. The van der Waals surface area contributed by atoms with Crippen LogP contribution in [0.4, 0.5) is 0 Å². The molecule has 1 atom stereocenters. The summed E-state index contributed by atoms with van der Waals surface area (Å²) < 4.78 is 12.7. The molecule has 5 rings (SSSR count). The molecular formula is C22H24N6O3. The first kappa shape index (κ1) is 19.5. The zero-order valence-electron chi connectivity index (χ0n) is 17.3. The summed E-state index contributed by atoms with van der Waals surface area (Å²) in [5.74, 6) is 1.47. The summed E-state index contributed by atoms with van der Waals surface area (Å²) in [7, 11) is 1.65. The number of methoxy groups -OCH3 is 1. The summed E-state index contributed by atoms with van der Waals surface area (Å²) in [4.78, 5) is 23.4. The molecule has 0 bridgehead atoms. The Hall–Kier alpha value is -3.49. The minimum absolute atomic E-state index is 0.119. The van der Waals surface area contributed by atoms with E-state index in [4.69, 9.17) is 9.47 Å². The number of ether oxygens (including phenoxy) is 2. The van der Waals surface area contributed by atoms with Crippen LogP contribution in [0.2, 0.25) is 0 Å². The minimum Gasteiger partial charge on any atom is -0.497 e. The van der Waals surface area contributed by atoms with Crippen molar-refractivity contribution in [3.8, 4) is 11.6 Å². The van der Waals surface area contributed by atoms with Crippen molar-refractivity contribution in [2.24, 2.45) is 0 Å². The lowest BCUT2D eigenvalue weighted by Crippen LogP contribution is -2.38. The number of carbonyl (C=O) groups is 1. The molecule has 160 valence electrons.